The molecule has 6 nitrogen and oxygen atoms in total. The molecule has 1 aliphatic rings. The van der Waals surface area contributed by atoms with Gasteiger partial charge in [-0.15, -0.1) is 11.3 Å². The third-order valence-corrected chi connectivity index (χ3v) is 5.80. The van der Waals surface area contributed by atoms with Crippen LogP contribution in [-0.2, 0) is 17.8 Å². The van der Waals surface area contributed by atoms with Gasteiger partial charge in [0.15, 0.2) is 0 Å². The standard InChI is InChI=1S/C24H25N3O3S/c1-16-25-20(15-31-16)14-30-21-9-5-8-18(13-21)23(28)27-22(24(29)26-19-10-11-19)12-17-6-3-2-4-7-17/h2-9,13,15,19,22H,10-12,14H2,1H3,(H,26,29)(H,27,28). The van der Waals surface area contributed by atoms with Crippen LogP contribution in [0.3, 0.4) is 0 Å². The lowest BCUT2D eigenvalue weighted by Gasteiger charge is -2.19. The lowest BCUT2D eigenvalue weighted by Crippen LogP contribution is -2.48. The fourth-order valence-corrected chi connectivity index (χ4v) is 3.79. The van der Waals surface area contributed by atoms with Gasteiger partial charge in [0.05, 0.1) is 10.7 Å². The van der Waals surface area contributed by atoms with Gasteiger partial charge in [-0.3, -0.25) is 9.59 Å². The van der Waals surface area contributed by atoms with Crippen LogP contribution in [0.15, 0.2) is 60.0 Å². The molecule has 2 amide bonds. The number of amides is 2. The second kappa shape index (κ2) is 9.75. The second-order valence-electron chi connectivity index (χ2n) is 7.67. The Morgan fingerprint density at radius 3 is 2.68 bits per heavy atom. The van der Waals surface area contributed by atoms with Gasteiger partial charge in [0.25, 0.3) is 5.91 Å². The molecular weight excluding hydrogens is 410 g/mol. The molecule has 1 fully saturated rings. The molecule has 0 saturated heterocycles. The third-order valence-electron chi connectivity index (χ3n) is 4.98. The quantitative estimate of drug-likeness (QED) is 0.538. The summed E-state index contributed by atoms with van der Waals surface area (Å²) in [4.78, 5) is 30.0. The van der Waals surface area contributed by atoms with Gasteiger partial charge in [-0.1, -0.05) is 36.4 Å². The average molecular weight is 436 g/mol. The SMILES string of the molecule is Cc1nc(COc2cccc(C(=O)NC(Cc3ccccc3)C(=O)NC3CC3)c2)cs1. The van der Waals surface area contributed by atoms with E-state index in [-0.39, 0.29) is 17.9 Å². The maximum atomic E-state index is 12.9. The molecule has 1 saturated carbocycles. The third kappa shape index (κ3) is 6.15. The number of nitrogens with zero attached hydrogens (tertiary/aromatic N) is 1. The zero-order chi connectivity index (χ0) is 21.6. The van der Waals surface area contributed by atoms with Crippen molar-refractivity contribution < 1.29 is 14.3 Å². The highest BCUT2D eigenvalue weighted by Crippen LogP contribution is 2.20. The minimum atomic E-state index is -0.641. The van der Waals surface area contributed by atoms with Gasteiger partial charge >= 0.3 is 0 Å². The van der Waals surface area contributed by atoms with E-state index in [0.717, 1.165) is 29.1 Å². The summed E-state index contributed by atoms with van der Waals surface area (Å²) >= 11 is 1.57. The van der Waals surface area contributed by atoms with Gasteiger partial charge in [-0.05, 0) is 43.5 Å². The monoisotopic (exact) mass is 435 g/mol. The molecule has 2 aromatic carbocycles. The van der Waals surface area contributed by atoms with Gasteiger partial charge in [0, 0.05) is 23.4 Å². The normalized spacial score (nSPS) is 14.0. The van der Waals surface area contributed by atoms with Crippen LogP contribution in [0, 0.1) is 6.92 Å². The summed E-state index contributed by atoms with van der Waals surface area (Å²) in [5.74, 6) is 0.133. The molecule has 7 heteroatoms. The van der Waals surface area contributed by atoms with E-state index >= 15 is 0 Å². The van der Waals surface area contributed by atoms with E-state index in [2.05, 4.69) is 15.6 Å². The highest BCUT2D eigenvalue weighted by atomic mass is 32.1. The number of nitrogens with one attached hydrogen (secondary N) is 2. The smallest absolute Gasteiger partial charge is 0.252 e. The van der Waals surface area contributed by atoms with E-state index in [1.165, 1.54) is 0 Å². The highest BCUT2D eigenvalue weighted by Gasteiger charge is 2.28. The molecule has 4 rings (SSSR count). The maximum Gasteiger partial charge on any atom is 0.252 e. The summed E-state index contributed by atoms with van der Waals surface area (Å²) in [5, 5.41) is 8.84. The van der Waals surface area contributed by atoms with E-state index in [1.807, 2.05) is 42.6 Å². The van der Waals surface area contributed by atoms with Gasteiger partial charge in [-0.25, -0.2) is 4.98 Å². The Morgan fingerprint density at radius 2 is 1.97 bits per heavy atom. The van der Waals surface area contributed by atoms with Crippen molar-refractivity contribution in [2.24, 2.45) is 0 Å². The van der Waals surface area contributed by atoms with Crippen LogP contribution >= 0.6 is 11.3 Å². The Labute approximate surface area is 185 Å². The number of ether oxygens (including phenoxy) is 1. The fourth-order valence-electron chi connectivity index (χ4n) is 3.19. The van der Waals surface area contributed by atoms with Crippen molar-refractivity contribution in [3.05, 3.63) is 81.8 Å². The predicted molar refractivity (Wildman–Crippen MR) is 120 cm³/mol. The number of hydrogen-bond donors (Lipinski definition) is 2. The number of thiazole rings is 1. The first-order valence-corrected chi connectivity index (χ1v) is 11.2. The summed E-state index contributed by atoms with van der Waals surface area (Å²) in [7, 11) is 0. The summed E-state index contributed by atoms with van der Waals surface area (Å²) < 4.78 is 5.79. The maximum absolute atomic E-state index is 12.9. The molecule has 3 aromatic rings. The molecule has 0 radical (unpaired) electrons. The molecule has 1 unspecified atom stereocenters. The molecular formula is C24H25N3O3S. The number of carbonyl (C=O) groups is 2. The predicted octanol–water partition coefficient (Wildman–Crippen LogP) is 3.65. The number of hydrogen-bond acceptors (Lipinski definition) is 5. The topological polar surface area (TPSA) is 80.3 Å². The molecule has 1 atom stereocenters. The Morgan fingerprint density at radius 1 is 1.16 bits per heavy atom. The van der Waals surface area contributed by atoms with Crippen molar-refractivity contribution in [2.45, 2.75) is 44.9 Å². The van der Waals surface area contributed by atoms with Gasteiger partial charge < -0.3 is 15.4 Å². The van der Waals surface area contributed by atoms with E-state index in [4.69, 9.17) is 4.74 Å². The Bertz CT molecular complexity index is 1050. The first-order chi connectivity index (χ1) is 15.1. The molecule has 2 N–H and O–H groups in total. The summed E-state index contributed by atoms with van der Waals surface area (Å²) in [6.07, 6.45) is 2.43. The van der Waals surface area contributed by atoms with Crippen molar-refractivity contribution in [1.29, 1.82) is 0 Å². The van der Waals surface area contributed by atoms with Crippen LogP contribution < -0.4 is 15.4 Å². The van der Waals surface area contributed by atoms with Crippen LogP contribution in [0.2, 0.25) is 0 Å². The van der Waals surface area contributed by atoms with Gasteiger partial charge in [0.1, 0.15) is 18.4 Å². The summed E-state index contributed by atoms with van der Waals surface area (Å²) in [5.41, 5.74) is 2.30. The van der Waals surface area contributed by atoms with Crippen molar-refractivity contribution in [1.82, 2.24) is 15.6 Å². The molecule has 31 heavy (non-hydrogen) atoms. The summed E-state index contributed by atoms with van der Waals surface area (Å²) in [6, 6.07) is 16.3. The molecule has 1 heterocycles. The average Bonchev–Trinajstić information content (AvgIpc) is 3.50. The van der Waals surface area contributed by atoms with Crippen LogP contribution in [0.25, 0.3) is 0 Å². The fraction of sp³-hybridized carbons (Fsp3) is 0.292. The number of carbonyl (C=O) groups excluding carboxylic acids is 2. The lowest BCUT2D eigenvalue weighted by atomic mass is 10.0. The molecule has 0 spiro atoms. The number of rotatable bonds is 9. The van der Waals surface area contributed by atoms with Crippen LogP contribution in [0.4, 0.5) is 0 Å². The van der Waals surface area contributed by atoms with Gasteiger partial charge in [-0.2, -0.15) is 0 Å². The van der Waals surface area contributed by atoms with Crippen LogP contribution in [-0.4, -0.2) is 28.9 Å². The van der Waals surface area contributed by atoms with E-state index < -0.39 is 6.04 Å². The number of benzene rings is 2. The Balaban J connectivity index is 1.42. The Kier molecular flexibility index (Phi) is 6.62. The van der Waals surface area contributed by atoms with E-state index in [1.54, 1.807) is 35.6 Å². The molecule has 1 aromatic heterocycles. The van der Waals surface area contributed by atoms with Crippen molar-refractivity contribution in [3.8, 4) is 5.75 Å². The molecule has 160 valence electrons. The number of aromatic nitrogens is 1. The van der Waals surface area contributed by atoms with E-state index in [0.29, 0.717) is 24.3 Å². The minimum absolute atomic E-state index is 0.147. The van der Waals surface area contributed by atoms with Crippen LogP contribution in [0.1, 0.15) is 39.5 Å². The summed E-state index contributed by atoms with van der Waals surface area (Å²) in [6.45, 7) is 2.29. The second-order valence-corrected chi connectivity index (χ2v) is 8.74. The van der Waals surface area contributed by atoms with Crippen molar-refractivity contribution in [3.63, 3.8) is 0 Å². The van der Waals surface area contributed by atoms with Crippen LogP contribution in [0.5, 0.6) is 5.75 Å². The molecule has 0 aliphatic heterocycles. The zero-order valence-corrected chi connectivity index (χ0v) is 18.2. The first kappa shape index (κ1) is 21.1. The Hall–Kier alpha value is -3.19. The molecule has 1 aliphatic carbocycles. The number of aryl methyl sites for hydroxylation is 1. The lowest BCUT2D eigenvalue weighted by molar-refractivity contribution is -0.123. The van der Waals surface area contributed by atoms with Crippen molar-refractivity contribution in [2.75, 3.05) is 0 Å². The largest absolute Gasteiger partial charge is 0.487 e. The minimum Gasteiger partial charge on any atom is -0.487 e. The highest BCUT2D eigenvalue weighted by molar-refractivity contribution is 7.09. The molecule has 0 bridgehead atoms. The van der Waals surface area contributed by atoms with Crippen molar-refractivity contribution >= 4 is 23.2 Å². The van der Waals surface area contributed by atoms with Gasteiger partial charge in [0.2, 0.25) is 5.91 Å². The first-order valence-electron chi connectivity index (χ1n) is 10.4. The van der Waals surface area contributed by atoms with E-state index in [9.17, 15) is 9.59 Å². The zero-order valence-electron chi connectivity index (χ0n) is 17.3.